The Bertz CT molecular complexity index is 315. The molecule has 2 heterocycles. The maximum Gasteiger partial charge on any atom is 0.208 e. The minimum atomic E-state index is 0.179. The molecule has 1 aliphatic heterocycles. The topological polar surface area (TPSA) is 53.1 Å². The van der Waals surface area contributed by atoms with E-state index in [1.165, 1.54) is 0 Å². The minimum absolute atomic E-state index is 0.179. The molecule has 0 saturated carbocycles. The molecule has 0 aromatic carbocycles. The van der Waals surface area contributed by atoms with Crippen LogP contribution in [-0.2, 0) is 6.54 Å². The fraction of sp³-hybridized carbons (Fsp3) is 0.600. The van der Waals surface area contributed by atoms with Crippen molar-refractivity contribution in [2.75, 3.05) is 13.1 Å². The second-order valence-corrected chi connectivity index (χ2v) is 3.63. The maximum atomic E-state index is 8.82. The van der Waals surface area contributed by atoms with Crippen LogP contribution in [0.4, 0.5) is 0 Å². The highest BCUT2D eigenvalue weighted by Gasteiger charge is 2.20. The van der Waals surface area contributed by atoms with Crippen LogP contribution in [-0.4, -0.2) is 23.0 Å². The minimum Gasteiger partial charge on any atom is -0.448 e. The summed E-state index contributed by atoms with van der Waals surface area (Å²) in [5, 5.41) is 8.82. The molecule has 1 fully saturated rings. The Balaban J connectivity index is 1.90. The Hall–Kier alpha value is -1.34. The second kappa shape index (κ2) is 4.25. The van der Waals surface area contributed by atoms with Crippen LogP contribution in [0.3, 0.4) is 0 Å². The van der Waals surface area contributed by atoms with E-state index in [1.807, 2.05) is 0 Å². The van der Waals surface area contributed by atoms with E-state index in [9.17, 15) is 0 Å². The van der Waals surface area contributed by atoms with Crippen LogP contribution in [0.25, 0.3) is 0 Å². The van der Waals surface area contributed by atoms with Crippen molar-refractivity contribution in [2.45, 2.75) is 19.4 Å². The van der Waals surface area contributed by atoms with Crippen LogP contribution >= 0.6 is 0 Å². The summed E-state index contributed by atoms with van der Waals surface area (Å²) >= 11 is 0. The summed E-state index contributed by atoms with van der Waals surface area (Å²) in [4.78, 5) is 6.30. The van der Waals surface area contributed by atoms with Crippen molar-refractivity contribution in [3.63, 3.8) is 0 Å². The van der Waals surface area contributed by atoms with Crippen LogP contribution in [0.2, 0.25) is 0 Å². The number of oxazole rings is 1. The average Bonchev–Trinajstić information content (AvgIpc) is 2.71. The predicted molar refractivity (Wildman–Crippen MR) is 50.1 cm³/mol. The molecule has 0 N–H and O–H groups in total. The summed E-state index contributed by atoms with van der Waals surface area (Å²) in [6.45, 7) is 2.62. The summed E-state index contributed by atoms with van der Waals surface area (Å²) < 4.78 is 5.17. The number of aromatic nitrogens is 1. The summed E-state index contributed by atoms with van der Waals surface area (Å²) in [7, 11) is 0. The average molecular weight is 191 g/mol. The number of rotatable bonds is 2. The zero-order chi connectivity index (χ0) is 9.80. The van der Waals surface area contributed by atoms with Crippen molar-refractivity contribution in [3.05, 3.63) is 18.4 Å². The van der Waals surface area contributed by atoms with Gasteiger partial charge in [-0.05, 0) is 19.4 Å². The Labute approximate surface area is 83.1 Å². The van der Waals surface area contributed by atoms with Gasteiger partial charge < -0.3 is 4.42 Å². The van der Waals surface area contributed by atoms with E-state index in [-0.39, 0.29) is 5.92 Å². The standard InChI is InChI=1S/C10H13N3O/c11-6-9-2-1-4-13(7-9)8-10-12-3-5-14-10/h3,5,9H,1-2,4,7-8H2/t9-/m1/s1. The fourth-order valence-corrected chi connectivity index (χ4v) is 1.83. The lowest BCUT2D eigenvalue weighted by Crippen LogP contribution is -2.34. The molecule has 1 aliphatic rings. The van der Waals surface area contributed by atoms with Crippen LogP contribution in [0, 0.1) is 17.2 Å². The van der Waals surface area contributed by atoms with Gasteiger partial charge in [-0.1, -0.05) is 0 Å². The van der Waals surface area contributed by atoms with Crippen molar-refractivity contribution in [1.82, 2.24) is 9.88 Å². The lowest BCUT2D eigenvalue weighted by atomic mass is 10.00. The molecule has 74 valence electrons. The molecular weight excluding hydrogens is 178 g/mol. The molecule has 0 radical (unpaired) electrons. The van der Waals surface area contributed by atoms with Gasteiger partial charge in [0.05, 0.1) is 24.7 Å². The molecule has 2 rings (SSSR count). The molecule has 0 aliphatic carbocycles. The molecular formula is C10H13N3O. The van der Waals surface area contributed by atoms with Crippen molar-refractivity contribution in [2.24, 2.45) is 5.92 Å². The summed E-state index contributed by atoms with van der Waals surface area (Å²) in [6, 6.07) is 2.32. The lowest BCUT2D eigenvalue weighted by Gasteiger charge is -2.28. The van der Waals surface area contributed by atoms with Gasteiger partial charge >= 0.3 is 0 Å². The van der Waals surface area contributed by atoms with Crippen molar-refractivity contribution in [1.29, 1.82) is 5.26 Å². The summed E-state index contributed by atoms with van der Waals surface area (Å²) in [6.07, 6.45) is 5.36. The van der Waals surface area contributed by atoms with Gasteiger partial charge in [0.15, 0.2) is 0 Å². The first kappa shape index (κ1) is 9.22. The van der Waals surface area contributed by atoms with E-state index >= 15 is 0 Å². The molecule has 1 atom stereocenters. The lowest BCUT2D eigenvalue weighted by molar-refractivity contribution is 0.176. The Morgan fingerprint density at radius 3 is 3.36 bits per heavy atom. The number of hydrogen-bond acceptors (Lipinski definition) is 4. The van der Waals surface area contributed by atoms with E-state index in [0.29, 0.717) is 0 Å². The van der Waals surface area contributed by atoms with E-state index in [4.69, 9.17) is 9.68 Å². The van der Waals surface area contributed by atoms with E-state index in [1.54, 1.807) is 12.5 Å². The summed E-state index contributed by atoms with van der Waals surface area (Å²) in [5.74, 6) is 0.919. The first-order chi connectivity index (χ1) is 6.88. The maximum absolute atomic E-state index is 8.82. The monoisotopic (exact) mass is 191 g/mol. The number of nitrogens with zero attached hydrogens (tertiary/aromatic N) is 3. The van der Waals surface area contributed by atoms with E-state index in [2.05, 4.69) is 16.0 Å². The van der Waals surface area contributed by atoms with Crippen LogP contribution in [0.15, 0.2) is 16.9 Å². The Morgan fingerprint density at radius 1 is 1.71 bits per heavy atom. The van der Waals surface area contributed by atoms with Gasteiger partial charge in [0.2, 0.25) is 5.89 Å². The molecule has 4 nitrogen and oxygen atoms in total. The SMILES string of the molecule is N#C[C@H]1CCCN(Cc2ncco2)C1. The van der Waals surface area contributed by atoms with Crippen LogP contribution in [0.1, 0.15) is 18.7 Å². The normalized spacial score (nSPS) is 23.2. The highest BCUT2D eigenvalue weighted by Crippen LogP contribution is 2.17. The van der Waals surface area contributed by atoms with E-state index in [0.717, 1.165) is 38.4 Å². The summed E-state index contributed by atoms with van der Waals surface area (Å²) in [5.41, 5.74) is 0. The highest BCUT2D eigenvalue weighted by molar-refractivity contribution is 4.90. The number of hydrogen-bond donors (Lipinski definition) is 0. The van der Waals surface area contributed by atoms with Crippen molar-refractivity contribution < 1.29 is 4.42 Å². The van der Waals surface area contributed by atoms with Crippen molar-refractivity contribution >= 4 is 0 Å². The third-order valence-corrected chi connectivity index (χ3v) is 2.53. The number of nitriles is 1. The molecule has 1 aromatic heterocycles. The first-order valence-corrected chi connectivity index (χ1v) is 4.89. The Kier molecular flexibility index (Phi) is 2.80. The zero-order valence-electron chi connectivity index (χ0n) is 8.02. The van der Waals surface area contributed by atoms with Gasteiger partial charge in [0, 0.05) is 6.54 Å². The smallest absolute Gasteiger partial charge is 0.208 e. The van der Waals surface area contributed by atoms with Gasteiger partial charge in [-0.15, -0.1) is 0 Å². The molecule has 4 heteroatoms. The van der Waals surface area contributed by atoms with Crippen LogP contribution in [0.5, 0.6) is 0 Å². The fourth-order valence-electron chi connectivity index (χ4n) is 1.83. The molecule has 14 heavy (non-hydrogen) atoms. The van der Waals surface area contributed by atoms with Crippen molar-refractivity contribution in [3.8, 4) is 6.07 Å². The molecule has 0 amide bonds. The van der Waals surface area contributed by atoms with Crippen LogP contribution < -0.4 is 0 Å². The number of piperidine rings is 1. The van der Waals surface area contributed by atoms with Gasteiger partial charge in [-0.3, -0.25) is 4.90 Å². The van der Waals surface area contributed by atoms with Gasteiger partial charge in [-0.2, -0.15) is 5.26 Å². The third-order valence-electron chi connectivity index (χ3n) is 2.53. The predicted octanol–water partition coefficient (Wildman–Crippen LogP) is 1.41. The number of likely N-dealkylation sites (tertiary alicyclic amines) is 1. The molecule has 1 saturated heterocycles. The second-order valence-electron chi connectivity index (χ2n) is 3.63. The molecule has 1 aromatic rings. The van der Waals surface area contributed by atoms with Gasteiger partial charge in [0.25, 0.3) is 0 Å². The molecule has 0 bridgehead atoms. The quantitative estimate of drug-likeness (QED) is 0.709. The van der Waals surface area contributed by atoms with Gasteiger partial charge in [0.1, 0.15) is 6.26 Å². The third kappa shape index (κ3) is 2.12. The van der Waals surface area contributed by atoms with E-state index < -0.39 is 0 Å². The molecule has 0 spiro atoms. The Morgan fingerprint density at radius 2 is 2.64 bits per heavy atom. The highest BCUT2D eigenvalue weighted by atomic mass is 16.3. The largest absolute Gasteiger partial charge is 0.448 e. The first-order valence-electron chi connectivity index (χ1n) is 4.89. The zero-order valence-corrected chi connectivity index (χ0v) is 8.02. The van der Waals surface area contributed by atoms with Gasteiger partial charge in [-0.25, -0.2) is 4.98 Å². The molecule has 0 unspecified atom stereocenters.